The Balaban J connectivity index is 0.00000132. The normalized spacial score (nSPS) is 16.3. The zero-order valence-corrected chi connectivity index (χ0v) is 14.2. The number of hydrogen-bond donors (Lipinski definition) is 2. The number of halogens is 2. The van der Waals surface area contributed by atoms with Crippen molar-refractivity contribution in [2.24, 2.45) is 5.73 Å². The number of carbonyl (C=O) groups excluding carboxylic acids is 1. The van der Waals surface area contributed by atoms with Crippen LogP contribution in [0.15, 0.2) is 36.5 Å². The number of hydrogen-bond acceptors (Lipinski definition) is 4. The number of likely N-dealkylation sites (tertiary alicyclic amines) is 1. The lowest BCUT2D eigenvalue weighted by molar-refractivity contribution is -0.134. The molecule has 126 valence electrons. The van der Waals surface area contributed by atoms with E-state index in [1.54, 1.807) is 11.1 Å². The maximum atomic E-state index is 12.2. The molecule has 1 aliphatic rings. The minimum absolute atomic E-state index is 0. The van der Waals surface area contributed by atoms with E-state index in [9.17, 15) is 9.90 Å². The Labute approximate surface area is 147 Å². The lowest BCUT2D eigenvalue weighted by atomic mass is 10.0. The second kappa shape index (κ2) is 8.45. The highest BCUT2D eigenvalue weighted by molar-refractivity contribution is 5.85. The molecule has 23 heavy (non-hydrogen) atoms. The van der Waals surface area contributed by atoms with Crippen LogP contribution in [0.1, 0.15) is 24.5 Å². The number of aromatic nitrogens is 1. The maximum absolute atomic E-state index is 12.2. The number of nitrogens with two attached hydrogens (primary N) is 1. The SMILES string of the molecule is Cl.Cl.NC(C(=O)N1CCCC1)C(O)c1cnc2ccccc2c1. The minimum atomic E-state index is -1.03. The second-order valence-corrected chi connectivity index (χ2v) is 5.46. The first-order valence-corrected chi connectivity index (χ1v) is 7.24. The van der Waals surface area contributed by atoms with Crippen molar-refractivity contribution in [1.82, 2.24) is 9.88 Å². The molecule has 7 heteroatoms. The number of carbonyl (C=O) groups is 1. The summed E-state index contributed by atoms with van der Waals surface area (Å²) in [6.07, 6.45) is 2.57. The van der Waals surface area contributed by atoms with Gasteiger partial charge in [0.15, 0.2) is 0 Å². The highest BCUT2D eigenvalue weighted by atomic mass is 35.5. The van der Waals surface area contributed by atoms with Crippen molar-refractivity contribution < 1.29 is 9.90 Å². The summed E-state index contributed by atoms with van der Waals surface area (Å²) in [5.41, 5.74) is 7.38. The van der Waals surface area contributed by atoms with Crippen molar-refractivity contribution in [2.45, 2.75) is 25.0 Å². The van der Waals surface area contributed by atoms with Crippen LogP contribution in [0.2, 0.25) is 0 Å². The van der Waals surface area contributed by atoms with E-state index < -0.39 is 12.1 Å². The maximum Gasteiger partial charge on any atom is 0.242 e. The smallest absolute Gasteiger partial charge is 0.242 e. The summed E-state index contributed by atoms with van der Waals surface area (Å²) >= 11 is 0. The lowest BCUT2D eigenvalue weighted by Crippen LogP contribution is -2.45. The monoisotopic (exact) mass is 357 g/mol. The third-order valence-electron chi connectivity index (χ3n) is 4.00. The van der Waals surface area contributed by atoms with Crippen molar-refractivity contribution in [1.29, 1.82) is 0 Å². The summed E-state index contributed by atoms with van der Waals surface area (Å²) < 4.78 is 0. The standard InChI is InChI=1S/C16H19N3O2.2ClH/c17-14(16(21)19-7-3-4-8-19)15(20)12-9-11-5-1-2-6-13(11)18-10-12;;/h1-2,5-6,9-10,14-15,20H,3-4,7-8,17H2;2*1H. The Kier molecular flexibility index (Phi) is 7.22. The molecule has 3 N–H and O–H groups in total. The largest absolute Gasteiger partial charge is 0.386 e. The number of benzene rings is 1. The number of aliphatic hydroxyl groups is 1. The summed E-state index contributed by atoms with van der Waals surface area (Å²) in [6.45, 7) is 1.46. The Bertz CT molecular complexity index is 663. The van der Waals surface area contributed by atoms with Crippen LogP contribution in [0.4, 0.5) is 0 Å². The summed E-state index contributed by atoms with van der Waals surface area (Å²) in [5.74, 6) is -0.187. The van der Waals surface area contributed by atoms with Crippen LogP contribution >= 0.6 is 24.8 Å². The molecule has 3 rings (SSSR count). The molecular formula is C16H21Cl2N3O2. The van der Waals surface area contributed by atoms with Crippen molar-refractivity contribution in [3.63, 3.8) is 0 Å². The van der Waals surface area contributed by atoms with Gasteiger partial charge in [-0.15, -0.1) is 24.8 Å². The van der Waals surface area contributed by atoms with Gasteiger partial charge in [0.2, 0.25) is 5.91 Å². The number of aliphatic hydroxyl groups excluding tert-OH is 1. The van der Waals surface area contributed by atoms with Crippen LogP contribution in [-0.4, -0.2) is 40.0 Å². The minimum Gasteiger partial charge on any atom is -0.386 e. The zero-order valence-electron chi connectivity index (χ0n) is 12.6. The fraction of sp³-hybridized carbons (Fsp3) is 0.375. The highest BCUT2D eigenvalue weighted by Crippen LogP contribution is 2.21. The lowest BCUT2D eigenvalue weighted by Gasteiger charge is -2.24. The number of amides is 1. The summed E-state index contributed by atoms with van der Waals surface area (Å²) in [4.78, 5) is 18.3. The predicted octanol–water partition coefficient (Wildman–Crippen LogP) is 2.06. The van der Waals surface area contributed by atoms with Crippen molar-refractivity contribution in [3.8, 4) is 0 Å². The molecule has 2 aromatic rings. The molecule has 0 saturated carbocycles. The van der Waals surface area contributed by atoms with Crippen LogP contribution in [0.3, 0.4) is 0 Å². The molecule has 1 fully saturated rings. The fourth-order valence-electron chi connectivity index (χ4n) is 2.74. The average Bonchev–Trinajstić information content (AvgIpc) is 3.06. The van der Waals surface area contributed by atoms with E-state index in [-0.39, 0.29) is 30.7 Å². The molecule has 1 saturated heterocycles. The third-order valence-corrected chi connectivity index (χ3v) is 4.00. The van der Waals surface area contributed by atoms with Gasteiger partial charge < -0.3 is 15.7 Å². The number of fused-ring (bicyclic) bond motifs is 1. The van der Waals surface area contributed by atoms with E-state index in [4.69, 9.17) is 5.73 Å². The molecule has 2 unspecified atom stereocenters. The van der Waals surface area contributed by atoms with Crippen LogP contribution in [0, 0.1) is 0 Å². The molecule has 0 radical (unpaired) electrons. The van der Waals surface area contributed by atoms with E-state index >= 15 is 0 Å². The predicted molar refractivity (Wildman–Crippen MR) is 95.0 cm³/mol. The Morgan fingerprint density at radius 1 is 1.22 bits per heavy atom. The van der Waals surface area contributed by atoms with Gasteiger partial charge in [-0.05, 0) is 25.0 Å². The van der Waals surface area contributed by atoms with Gasteiger partial charge in [-0.3, -0.25) is 9.78 Å². The summed E-state index contributed by atoms with van der Waals surface area (Å²) in [5, 5.41) is 11.3. The molecule has 2 atom stereocenters. The van der Waals surface area contributed by atoms with E-state index in [0.717, 1.165) is 36.8 Å². The molecular weight excluding hydrogens is 337 g/mol. The summed E-state index contributed by atoms with van der Waals surface area (Å²) in [7, 11) is 0. The Hall–Kier alpha value is -1.40. The molecule has 0 spiro atoms. The number of pyridine rings is 1. The molecule has 5 nitrogen and oxygen atoms in total. The van der Waals surface area contributed by atoms with E-state index in [2.05, 4.69) is 4.98 Å². The topological polar surface area (TPSA) is 79.5 Å². The van der Waals surface area contributed by atoms with Crippen molar-refractivity contribution in [2.75, 3.05) is 13.1 Å². The van der Waals surface area contributed by atoms with Crippen molar-refractivity contribution in [3.05, 3.63) is 42.1 Å². The Morgan fingerprint density at radius 3 is 2.57 bits per heavy atom. The first-order valence-electron chi connectivity index (χ1n) is 7.24. The van der Waals surface area contributed by atoms with E-state index in [0.29, 0.717) is 5.56 Å². The molecule has 2 heterocycles. The number of rotatable bonds is 3. The Morgan fingerprint density at radius 2 is 1.87 bits per heavy atom. The van der Waals surface area contributed by atoms with Gasteiger partial charge in [0.1, 0.15) is 12.1 Å². The van der Waals surface area contributed by atoms with Gasteiger partial charge in [0.05, 0.1) is 5.52 Å². The average molecular weight is 358 g/mol. The highest BCUT2D eigenvalue weighted by Gasteiger charge is 2.30. The number of nitrogens with zero attached hydrogens (tertiary/aromatic N) is 2. The molecule has 1 aromatic heterocycles. The zero-order chi connectivity index (χ0) is 14.8. The van der Waals surface area contributed by atoms with Gasteiger partial charge in [-0.1, -0.05) is 18.2 Å². The molecule has 1 aromatic carbocycles. The first kappa shape index (κ1) is 19.6. The molecule has 0 aliphatic carbocycles. The van der Waals surface area contributed by atoms with E-state index in [1.807, 2.05) is 30.3 Å². The fourth-order valence-corrected chi connectivity index (χ4v) is 2.74. The van der Waals surface area contributed by atoms with Crippen LogP contribution < -0.4 is 5.73 Å². The van der Waals surface area contributed by atoms with Crippen molar-refractivity contribution >= 4 is 41.6 Å². The van der Waals surface area contributed by atoms with Gasteiger partial charge in [-0.2, -0.15) is 0 Å². The number of para-hydroxylation sites is 1. The van der Waals surface area contributed by atoms with Crippen LogP contribution in [0.25, 0.3) is 10.9 Å². The van der Waals surface area contributed by atoms with Gasteiger partial charge >= 0.3 is 0 Å². The van der Waals surface area contributed by atoms with Gasteiger partial charge in [0, 0.05) is 30.2 Å². The quantitative estimate of drug-likeness (QED) is 0.880. The second-order valence-electron chi connectivity index (χ2n) is 5.46. The third kappa shape index (κ3) is 4.12. The van der Waals surface area contributed by atoms with Crippen LogP contribution in [-0.2, 0) is 4.79 Å². The molecule has 1 amide bonds. The first-order chi connectivity index (χ1) is 10.2. The molecule has 1 aliphatic heterocycles. The van der Waals surface area contributed by atoms with E-state index in [1.165, 1.54) is 0 Å². The van der Waals surface area contributed by atoms with Crippen LogP contribution in [0.5, 0.6) is 0 Å². The van der Waals surface area contributed by atoms with Gasteiger partial charge in [0.25, 0.3) is 0 Å². The molecule has 0 bridgehead atoms. The van der Waals surface area contributed by atoms with Gasteiger partial charge in [-0.25, -0.2) is 0 Å². The summed E-state index contributed by atoms with van der Waals surface area (Å²) in [6, 6.07) is 8.55.